The molecule has 1 aromatic heterocycles. The highest BCUT2D eigenvalue weighted by Gasteiger charge is 2.27. The number of ketones is 1. The minimum atomic E-state index is -0.595. The van der Waals surface area contributed by atoms with Gasteiger partial charge in [-0.1, -0.05) is 44.2 Å². The Morgan fingerprint density at radius 2 is 1.69 bits per heavy atom. The Morgan fingerprint density at radius 3 is 2.28 bits per heavy atom. The van der Waals surface area contributed by atoms with Gasteiger partial charge in [-0.25, -0.2) is 4.79 Å². The zero-order chi connectivity index (χ0) is 21.1. The lowest BCUT2D eigenvalue weighted by molar-refractivity contribution is 0.0847. The van der Waals surface area contributed by atoms with Crippen LogP contribution in [-0.4, -0.2) is 39.5 Å². The molecule has 3 rings (SSSR count). The molecule has 156 valence electrons. The van der Waals surface area contributed by atoms with Gasteiger partial charge in [0, 0.05) is 19.6 Å². The maximum atomic E-state index is 13.1. The van der Waals surface area contributed by atoms with Crippen molar-refractivity contribution in [2.45, 2.75) is 40.3 Å². The largest absolute Gasteiger partial charge is 0.384 e. The van der Waals surface area contributed by atoms with E-state index in [4.69, 9.17) is 5.73 Å². The van der Waals surface area contributed by atoms with Crippen molar-refractivity contribution in [1.82, 2.24) is 14.0 Å². The minimum Gasteiger partial charge on any atom is -0.384 e. The van der Waals surface area contributed by atoms with E-state index >= 15 is 0 Å². The zero-order valence-electron chi connectivity index (χ0n) is 17.4. The molecule has 2 aromatic rings. The lowest BCUT2D eigenvalue weighted by atomic mass is 9.91. The lowest BCUT2D eigenvalue weighted by Gasteiger charge is -2.34. The third-order valence-electron chi connectivity index (χ3n) is 5.56. The number of aromatic nitrogens is 2. The van der Waals surface area contributed by atoms with Gasteiger partial charge >= 0.3 is 5.69 Å². The van der Waals surface area contributed by atoms with Crippen LogP contribution in [0, 0.1) is 11.8 Å². The monoisotopic (exact) mass is 398 g/mol. The van der Waals surface area contributed by atoms with Gasteiger partial charge in [-0.05, 0) is 30.7 Å². The summed E-state index contributed by atoms with van der Waals surface area (Å²) in [6, 6.07) is 9.39. The average molecular weight is 399 g/mol. The van der Waals surface area contributed by atoms with Crippen molar-refractivity contribution in [3.63, 3.8) is 0 Å². The number of rotatable bonds is 6. The van der Waals surface area contributed by atoms with Gasteiger partial charge in [0.15, 0.2) is 5.78 Å². The van der Waals surface area contributed by atoms with Gasteiger partial charge in [-0.2, -0.15) is 0 Å². The zero-order valence-corrected chi connectivity index (χ0v) is 17.4. The molecule has 2 heterocycles. The maximum absolute atomic E-state index is 13.1. The number of benzene rings is 1. The van der Waals surface area contributed by atoms with Crippen molar-refractivity contribution in [1.29, 1.82) is 0 Å². The van der Waals surface area contributed by atoms with Gasteiger partial charge in [0.1, 0.15) is 11.4 Å². The minimum absolute atomic E-state index is 0.0448. The Kier molecular flexibility index (Phi) is 6.37. The number of hydrogen-bond donors (Lipinski definition) is 1. The first-order valence-electron chi connectivity index (χ1n) is 10.2. The second-order valence-corrected chi connectivity index (χ2v) is 8.23. The topological polar surface area (TPSA) is 90.3 Å². The highest BCUT2D eigenvalue weighted by atomic mass is 16.2. The van der Waals surface area contributed by atoms with Gasteiger partial charge in [0.05, 0.1) is 13.1 Å². The molecule has 29 heavy (non-hydrogen) atoms. The number of Topliss-reactive ketones (excluding diaryl/α,β-unsaturated/α-hetero) is 1. The molecular formula is C22H30N4O3. The van der Waals surface area contributed by atoms with Crippen LogP contribution in [0.5, 0.6) is 0 Å². The van der Waals surface area contributed by atoms with Gasteiger partial charge in [0.2, 0.25) is 0 Å². The van der Waals surface area contributed by atoms with Crippen LogP contribution in [0.1, 0.15) is 43.1 Å². The van der Waals surface area contributed by atoms with E-state index in [0.29, 0.717) is 11.8 Å². The maximum Gasteiger partial charge on any atom is 0.332 e. The van der Waals surface area contributed by atoms with E-state index in [1.54, 1.807) is 6.92 Å². The number of carbonyl (C=O) groups excluding carboxylic acids is 1. The molecule has 0 aliphatic carbocycles. The molecule has 1 aromatic carbocycles. The van der Waals surface area contributed by atoms with Crippen molar-refractivity contribution in [2.24, 2.45) is 11.8 Å². The summed E-state index contributed by atoms with van der Waals surface area (Å²) in [6.07, 6.45) is 1.14. The Bertz CT molecular complexity index is 984. The van der Waals surface area contributed by atoms with Crippen molar-refractivity contribution in [3.8, 4) is 0 Å². The van der Waals surface area contributed by atoms with Crippen LogP contribution >= 0.6 is 0 Å². The second-order valence-electron chi connectivity index (χ2n) is 8.23. The summed E-state index contributed by atoms with van der Waals surface area (Å²) in [5, 5.41) is 0. The Morgan fingerprint density at radius 1 is 1.07 bits per heavy atom. The second kappa shape index (κ2) is 8.78. The standard InChI is InChI=1S/C22H30N4O3/c1-4-25-21(28)19(18(27)14-24-11-15(2)10-16(3)12-24)20(23)26(22(25)29)13-17-8-6-5-7-9-17/h5-9,15-16H,4,10-14,23H2,1-3H3/t15-,16-/m1/s1. The fourth-order valence-corrected chi connectivity index (χ4v) is 4.38. The van der Waals surface area contributed by atoms with E-state index in [1.165, 1.54) is 4.57 Å². The normalized spacial score (nSPS) is 20.0. The Hall–Kier alpha value is -2.67. The smallest absolute Gasteiger partial charge is 0.332 e. The van der Waals surface area contributed by atoms with Crippen LogP contribution in [0.2, 0.25) is 0 Å². The van der Waals surface area contributed by atoms with Crippen LogP contribution in [-0.2, 0) is 13.1 Å². The molecule has 0 saturated carbocycles. The molecule has 1 aliphatic rings. The van der Waals surface area contributed by atoms with E-state index in [9.17, 15) is 14.4 Å². The number of nitrogens with zero attached hydrogens (tertiary/aromatic N) is 3. The van der Waals surface area contributed by atoms with E-state index in [2.05, 4.69) is 18.7 Å². The first-order valence-corrected chi connectivity index (χ1v) is 10.2. The number of hydrogen-bond acceptors (Lipinski definition) is 5. The van der Waals surface area contributed by atoms with E-state index in [-0.39, 0.29) is 36.8 Å². The van der Waals surface area contributed by atoms with Gasteiger partial charge in [0.25, 0.3) is 5.56 Å². The number of nitrogens with two attached hydrogens (primary N) is 1. The fraction of sp³-hybridized carbons (Fsp3) is 0.500. The number of likely N-dealkylation sites (tertiary alicyclic amines) is 1. The van der Waals surface area contributed by atoms with Crippen LogP contribution in [0.15, 0.2) is 39.9 Å². The summed E-state index contributed by atoms with van der Waals surface area (Å²) in [6.45, 7) is 8.24. The van der Waals surface area contributed by atoms with Crippen molar-refractivity contribution in [3.05, 3.63) is 62.3 Å². The number of nitrogen functional groups attached to an aromatic ring is 1. The van der Waals surface area contributed by atoms with Crippen molar-refractivity contribution < 1.29 is 4.79 Å². The van der Waals surface area contributed by atoms with E-state index in [1.807, 2.05) is 30.3 Å². The van der Waals surface area contributed by atoms with Gasteiger partial charge in [-0.3, -0.25) is 23.6 Å². The SMILES string of the molecule is CCn1c(=O)c(C(=O)CN2C[C@H](C)C[C@@H](C)C2)c(N)n(Cc2ccccc2)c1=O. The molecule has 2 atom stereocenters. The third-order valence-corrected chi connectivity index (χ3v) is 5.56. The summed E-state index contributed by atoms with van der Waals surface area (Å²) in [7, 11) is 0. The Labute approximate surface area is 170 Å². The third kappa shape index (κ3) is 4.50. The molecule has 0 spiro atoms. The molecule has 1 aliphatic heterocycles. The average Bonchev–Trinajstić information content (AvgIpc) is 2.65. The predicted molar refractivity (Wildman–Crippen MR) is 114 cm³/mol. The lowest BCUT2D eigenvalue weighted by Crippen LogP contribution is -2.46. The molecule has 7 nitrogen and oxygen atoms in total. The fourth-order valence-electron chi connectivity index (χ4n) is 4.38. The van der Waals surface area contributed by atoms with Gasteiger partial charge in [-0.15, -0.1) is 0 Å². The van der Waals surface area contributed by atoms with Crippen molar-refractivity contribution in [2.75, 3.05) is 25.4 Å². The first-order chi connectivity index (χ1) is 13.8. The molecule has 1 saturated heterocycles. The number of piperidine rings is 1. The number of anilines is 1. The molecule has 2 N–H and O–H groups in total. The van der Waals surface area contributed by atoms with E-state index < -0.39 is 11.2 Å². The summed E-state index contributed by atoms with van der Waals surface area (Å²) in [5.74, 6) is 0.640. The summed E-state index contributed by atoms with van der Waals surface area (Å²) in [4.78, 5) is 40.9. The molecule has 0 unspecified atom stereocenters. The molecule has 1 fully saturated rings. The Balaban J connectivity index is 1.99. The van der Waals surface area contributed by atoms with Crippen LogP contribution in [0.4, 0.5) is 5.82 Å². The van der Waals surface area contributed by atoms with Crippen molar-refractivity contribution >= 4 is 11.6 Å². The van der Waals surface area contributed by atoms with Gasteiger partial charge < -0.3 is 5.73 Å². The molecule has 0 bridgehead atoms. The summed E-state index contributed by atoms with van der Waals surface area (Å²) in [5.41, 5.74) is 5.94. The quantitative estimate of drug-likeness (QED) is 0.750. The van der Waals surface area contributed by atoms with Crippen LogP contribution in [0.3, 0.4) is 0 Å². The number of carbonyl (C=O) groups is 1. The first kappa shape index (κ1) is 21.0. The molecule has 0 amide bonds. The van der Waals surface area contributed by atoms with E-state index in [0.717, 1.165) is 29.6 Å². The van der Waals surface area contributed by atoms with Crippen LogP contribution in [0.25, 0.3) is 0 Å². The predicted octanol–water partition coefficient (Wildman–Crippen LogP) is 1.82. The summed E-state index contributed by atoms with van der Waals surface area (Å²) >= 11 is 0. The molecule has 7 heteroatoms. The molecular weight excluding hydrogens is 368 g/mol. The highest BCUT2D eigenvalue weighted by Crippen LogP contribution is 2.21. The summed E-state index contributed by atoms with van der Waals surface area (Å²) < 4.78 is 2.42. The van der Waals surface area contributed by atoms with Crippen LogP contribution < -0.4 is 17.0 Å². The molecule has 0 radical (unpaired) electrons. The highest BCUT2D eigenvalue weighted by molar-refractivity contribution is 6.01.